The van der Waals surface area contributed by atoms with Gasteiger partial charge in [0.25, 0.3) is 5.91 Å². The maximum absolute atomic E-state index is 13.4. The Kier molecular flexibility index (Phi) is 5.24. The van der Waals surface area contributed by atoms with Crippen LogP contribution in [0, 0.1) is 11.6 Å². The Bertz CT molecular complexity index is 735. The first-order chi connectivity index (χ1) is 11.0. The van der Waals surface area contributed by atoms with Gasteiger partial charge in [-0.05, 0) is 36.2 Å². The quantitative estimate of drug-likeness (QED) is 0.791. The second-order valence-electron chi connectivity index (χ2n) is 4.78. The van der Waals surface area contributed by atoms with E-state index in [9.17, 15) is 18.4 Å². The van der Waals surface area contributed by atoms with Crippen LogP contribution in [0.25, 0.3) is 0 Å². The number of carbonyl (C=O) groups excluding carboxylic acids is 2. The number of hydrogen-bond acceptors (Lipinski definition) is 2. The lowest BCUT2D eigenvalue weighted by atomic mass is 10.1. The van der Waals surface area contributed by atoms with E-state index in [1.165, 1.54) is 12.1 Å². The predicted molar refractivity (Wildman–Crippen MR) is 82.0 cm³/mol. The molecule has 7 heteroatoms. The predicted octanol–water partition coefficient (Wildman–Crippen LogP) is 2.43. The molecule has 0 fully saturated rings. The Morgan fingerprint density at radius 1 is 1.04 bits per heavy atom. The molecule has 0 aliphatic heterocycles. The summed E-state index contributed by atoms with van der Waals surface area (Å²) in [4.78, 5) is 22.8. The maximum Gasteiger partial charge on any atom is 0.319 e. The molecule has 0 atom stereocenters. The van der Waals surface area contributed by atoms with Gasteiger partial charge in [-0.3, -0.25) is 4.79 Å². The van der Waals surface area contributed by atoms with Gasteiger partial charge in [-0.1, -0.05) is 18.2 Å². The minimum Gasteiger partial charge on any atom is -0.366 e. The van der Waals surface area contributed by atoms with Gasteiger partial charge in [0.05, 0.1) is 5.56 Å². The molecule has 0 saturated carbocycles. The van der Waals surface area contributed by atoms with Crippen molar-refractivity contribution in [2.24, 2.45) is 5.73 Å². The van der Waals surface area contributed by atoms with Crippen molar-refractivity contribution < 1.29 is 18.4 Å². The molecule has 3 amide bonds. The lowest BCUT2D eigenvalue weighted by Gasteiger charge is -2.09. The second-order valence-corrected chi connectivity index (χ2v) is 4.78. The Hall–Kier alpha value is -2.96. The van der Waals surface area contributed by atoms with Gasteiger partial charge in [-0.2, -0.15) is 0 Å². The average Bonchev–Trinajstić information content (AvgIpc) is 2.51. The lowest BCUT2D eigenvalue weighted by Crippen LogP contribution is -2.30. The van der Waals surface area contributed by atoms with Crippen molar-refractivity contribution >= 4 is 17.6 Å². The summed E-state index contributed by atoms with van der Waals surface area (Å²) < 4.78 is 26.7. The molecule has 2 aromatic rings. The van der Waals surface area contributed by atoms with Crippen molar-refractivity contribution in [1.82, 2.24) is 5.32 Å². The molecule has 2 rings (SSSR count). The molecule has 4 N–H and O–H groups in total. The van der Waals surface area contributed by atoms with E-state index in [4.69, 9.17) is 5.73 Å². The van der Waals surface area contributed by atoms with Gasteiger partial charge in [-0.15, -0.1) is 0 Å². The summed E-state index contributed by atoms with van der Waals surface area (Å²) in [6, 6.07) is 9.21. The molecule has 0 bridgehead atoms. The topological polar surface area (TPSA) is 84.2 Å². The van der Waals surface area contributed by atoms with Crippen LogP contribution in [0.5, 0.6) is 0 Å². The first-order valence-corrected chi connectivity index (χ1v) is 6.85. The van der Waals surface area contributed by atoms with Crippen LogP contribution in [0.4, 0.5) is 19.3 Å². The monoisotopic (exact) mass is 319 g/mol. The normalized spacial score (nSPS) is 10.2. The van der Waals surface area contributed by atoms with Gasteiger partial charge in [0, 0.05) is 12.2 Å². The molecule has 0 aliphatic rings. The molecule has 5 nitrogen and oxygen atoms in total. The number of primary amides is 1. The molecule has 0 saturated heterocycles. The highest BCUT2D eigenvalue weighted by Crippen LogP contribution is 2.14. The molecule has 0 spiro atoms. The third kappa shape index (κ3) is 4.50. The van der Waals surface area contributed by atoms with Gasteiger partial charge in [0.1, 0.15) is 11.6 Å². The molecule has 0 unspecified atom stereocenters. The number of halogens is 2. The van der Waals surface area contributed by atoms with Crippen LogP contribution < -0.4 is 16.4 Å². The smallest absolute Gasteiger partial charge is 0.319 e. The summed E-state index contributed by atoms with van der Waals surface area (Å²) in [6.07, 6.45) is 0.329. The minimum absolute atomic E-state index is 0.219. The summed E-state index contributed by atoms with van der Waals surface area (Å²) in [5, 5.41) is 4.99. The number of rotatable bonds is 5. The van der Waals surface area contributed by atoms with E-state index in [-0.39, 0.29) is 23.6 Å². The zero-order chi connectivity index (χ0) is 16.8. The maximum atomic E-state index is 13.4. The summed E-state index contributed by atoms with van der Waals surface area (Å²) in [5.41, 5.74) is 5.44. The number of benzene rings is 2. The lowest BCUT2D eigenvalue weighted by molar-refractivity contribution is 0.0996. The average molecular weight is 319 g/mol. The molecular weight excluding hydrogens is 304 g/mol. The number of amides is 3. The summed E-state index contributed by atoms with van der Waals surface area (Å²) in [5.74, 6) is -2.02. The minimum atomic E-state index is -0.925. The first-order valence-electron chi connectivity index (χ1n) is 6.85. The van der Waals surface area contributed by atoms with Crippen molar-refractivity contribution in [1.29, 1.82) is 0 Å². The number of nitrogens with one attached hydrogen (secondary N) is 2. The van der Waals surface area contributed by atoms with E-state index in [0.29, 0.717) is 12.0 Å². The Balaban J connectivity index is 1.89. The van der Waals surface area contributed by atoms with Crippen molar-refractivity contribution in [3.63, 3.8) is 0 Å². The Labute approximate surface area is 131 Å². The fourth-order valence-corrected chi connectivity index (χ4v) is 1.98. The number of urea groups is 1. The van der Waals surface area contributed by atoms with E-state index in [1.54, 1.807) is 18.2 Å². The van der Waals surface area contributed by atoms with E-state index < -0.39 is 17.8 Å². The van der Waals surface area contributed by atoms with E-state index in [2.05, 4.69) is 10.6 Å². The van der Waals surface area contributed by atoms with Gasteiger partial charge in [0.15, 0.2) is 0 Å². The number of hydrogen-bond donors (Lipinski definition) is 3. The fraction of sp³-hybridized carbons (Fsp3) is 0.125. The van der Waals surface area contributed by atoms with Crippen molar-refractivity contribution in [2.75, 3.05) is 11.9 Å². The van der Waals surface area contributed by atoms with Gasteiger partial charge < -0.3 is 16.4 Å². The number of carbonyl (C=O) groups is 2. The molecule has 0 aliphatic carbocycles. The van der Waals surface area contributed by atoms with Crippen LogP contribution in [-0.2, 0) is 6.42 Å². The first kappa shape index (κ1) is 16.4. The van der Waals surface area contributed by atoms with E-state index in [1.807, 2.05) is 0 Å². The molecule has 0 heterocycles. The van der Waals surface area contributed by atoms with Crippen LogP contribution in [0.1, 0.15) is 15.9 Å². The summed E-state index contributed by atoms with van der Waals surface area (Å²) in [6.45, 7) is 0.219. The zero-order valence-corrected chi connectivity index (χ0v) is 12.1. The molecular formula is C16H15F2N3O2. The van der Waals surface area contributed by atoms with Crippen molar-refractivity contribution in [3.8, 4) is 0 Å². The summed E-state index contributed by atoms with van der Waals surface area (Å²) in [7, 11) is 0. The zero-order valence-electron chi connectivity index (χ0n) is 12.1. The third-order valence-electron chi connectivity index (χ3n) is 3.13. The standard InChI is InChI=1S/C16H15F2N3O2/c17-13-4-2-1-3-10(13)7-8-20-16(23)21-11-5-6-14(18)12(9-11)15(19)22/h1-6,9H,7-8H2,(H2,19,22)(H2,20,21,23). The number of nitrogens with two attached hydrogens (primary N) is 1. The molecule has 0 aromatic heterocycles. The Morgan fingerprint density at radius 2 is 1.78 bits per heavy atom. The molecule has 23 heavy (non-hydrogen) atoms. The highest BCUT2D eigenvalue weighted by Gasteiger charge is 2.10. The van der Waals surface area contributed by atoms with Gasteiger partial charge in [0.2, 0.25) is 0 Å². The summed E-state index contributed by atoms with van der Waals surface area (Å²) >= 11 is 0. The largest absolute Gasteiger partial charge is 0.366 e. The van der Waals surface area contributed by atoms with Crippen LogP contribution in [0.3, 0.4) is 0 Å². The highest BCUT2D eigenvalue weighted by molar-refractivity contribution is 5.96. The van der Waals surface area contributed by atoms with Crippen LogP contribution >= 0.6 is 0 Å². The third-order valence-corrected chi connectivity index (χ3v) is 3.13. The van der Waals surface area contributed by atoms with Crippen LogP contribution in [0.15, 0.2) is 42.5 Å². The Morgan fingerprint density at radius 3 is 2.48 bits per heavy atom. The second kappa shape index (κ2) is 7.35. The molecule has 2 aromatic carbocycles. The fourth-order valence-electron chi connectivity index (χ4n) is 1.98. The van der Waals surface area contributed by atoms with E-state index in [0.717, 1.165) is 12.1 Å². The highest BCUT2D eigenvalue weighted by atomic mass is 19.1. The van der Waals surface area contributed by atoms with Gasteiger partial charge in [-0.25, -0.2) is 13.6 Å². The molecule has 0 radical (unpaired) electrons. The SMILES string of the molecule is NC(=O)c1cc(NC(=O)NCCc2ccccc2F)ccc1F. The van der Waals surface area contributed by atoms with Crippen LogP contribution in [-0.4, -0.2) is 18.5 Å². The van der Waals surface area contributed by atoms with Gasteiger partial charge >= 0.3 is 6.03 Å². The van der Waals surface area contributed by atoms with Crippen LogP contribution in [0.2, 0.25) is 0 Å². The number of anilines is 1. The van der Waals surface area contributed by atoms with E-state index >= 15 is 0 Å². The van der Waals surface area contributed by atoms with Crippen molar-refractivity contribution in [3.05, 3.63) is 65.2 Å². The molecule has 120 valence electrons. The van der Waals surface area contributed by atoms with Crippen molar-refractivity contribution in [2.45, 2.75) is 6.42 Å².